The van der Waals surface area contributed by atoms with Crippen molar-refractivity contribution >= 4 is 23.1 Å². The number of likely N-dealkylation sites (N-methyl/N-ethyl adjacent to an activating group) is 1. The number of anilines is 1. The maximum atomic E-state index is 10.6. The second kappa shape index (κ2) is 3.48. The van der Waals surface area contributed by atoms with Gasteiger partial charge in [0.15, 0.2) is 5.58 Å². The molecular weight excluding hydrogens is 220 g/mol. The van der Waals surface area contributed by atoms with Crippen molar-refractivity contribution in [3.63, 3.8) is 0 Å². The Morgan fingerprint density at radius 3 is 3.12 bits per heavy atom. The molecule has 1 unspecified atom stereocenters. The summed E-state index contributed by atoms with van der Waals surface area (Å²) >= 11 is 0. The minimum atomic E-state index is 0.0954. The smallest absolute Gasteiger partial charge is 0.260 e. The molecule has 0 saturated carbocycles. The quantitative estimate of drug-likeness (QED) is 0.702. The van der Waals surface area contributed by atoms with E-state index in [1.807, 2.05) is 13.1 Å². The van der Waals surface area contributed by atoms with Gasteiger partial charge in [0, 0.05) is 13.1 Å². The lowest BCUT2D eigenvalue weighted by Crippen LogP contribution is -2.37. The first-order valence-corrected chi connectivity index (χ1v) is 5.44. The van der Waals surface area contributed by atoms with Crippen LogP contribution in [0.3, 0.4) is 0 Å². The fraction of sp³-hybridized carbons (Fsp3) is 0.333. The minimum Gasteiger partial charge on any atom is -0.489 e. The van der Waals surface area contributed by atoms with E-state index in [0.29, 0.717) is 30.0 Å². The van der Waals surface area contributed by atoms with Crippen LogP contribution < -0.4 is 9.64 Å². The molecule has 1 atom stereocenters. The van der Waals surface area contributed by atoms with Crippen LogP contribution in [0.5, 0.6) is 5.75 Å². The van der Waals surface area contributed by atoms with E-state index in [-0.39, 0.29) is 5.89 Å². The van der Waals surface area contributed by atoms with Crippen molar-refractivity contribution in [2.24, 2.45) is 0 Å². The number of fused-ring (bicyclic) bond motifs is 2. The standard InChI is InChI=1S/C12H12N2O3/c1-7-6-16-11-4-10-8(3-9(11)14(7)2)13-12(5-15)17-10/h3-5,7H,6H2,1-2H3. The van der Waals surface area contributed by atoms with Gasteiger partial charge in [0.05, 0.1) is 11.7 Å². The normalized spacial score (nSPS) is 18.9. The van der Waals surface area contributed by atoms with Crippen LogP contribution >= 0.6 is 0 Å². The van der Waals surface area contributed by atoms with Crippen molar-refractivity contribution in [1.29, 1.82) is 0 Å². The van der Waals surface area contributed by atoms with Crippen LogP contribution in [0, 0.1) is 0 Å². The summed E-state index contributed by atoms with van der Waals surface area (Å²) in [6, 6.07) is 3.99. The molecule has 1 aliphatic rings. The Hall–Kier alpha value is -2.04. The number of oxazole rings is 1. The number of aromatic nitrogens is 1. The second-order valence-electron chi connectivity index (χ2n) is 4.23. The van der Waals surface area contributed by atoms with Gasteiger partial charge in [-0.15, -0.1) is 0 Å². The Morgan fingerprint density at radius 2 is 2.35 bits per heavy atom. The molecule has 0 radical (unpaired) electrons. The molecule has 3 rings (SSSR count). The molecule has 0 saturated heterocycles. The van der Waals surface area contributed by atoms with E-state index in [1.54, 1.807) is 6.07 Å². The van der Waals surface area contributed by atoms with Crippen molar-refractivity contribution in [2.45, 2.75) is 13.0 Å². The van der Waals surface area contributed by atoms with Gasteiger partial charge in [0.2, 0.25) is 6.29 Å². The number of carbonyl (C=O) groups excluding carboxylic acids is 1. The summed E-state index contributed by atoms with van der Waals surface area (Å²) < 4.78 is 10.9. The maximum absolute atomic E-state index is 10.6. The fourth-order valence-electron chi connectivity index (χ4n) is 1.96. The van der Waals surface area contributed by atoms with E-state index in [1.165, 1.54) is 0 Å². The number of ether oxygens (including phenoxy) is 1. The van der Waals surface area contributed by atoms with Crippen molar-refractivity contribution in [3.8, 4) is 5.75 Å². The third-order valence-electron chi connectivity index (χ3n) is 3.11. The summed E-state index contributed by atoms with van der Waals surface area (Å²) in [5.41, 5.74) is 2.23. The van der Waals surface area contributed by atoms with Gasteiger partial charge in [-0.25, -0.2) is 4.98 Å². The molecule has 0 amide bonds. The first-order valence-electron chi connectivity index (χ1n) is 5.44. The molecule has 1 aromatic heterocycles. The molecule has 1 aromatic carbocycles. The Morgan fingerprint density at radius 1 is 1.53 bits per heavy atom. The van der Waals surface area contributed by atoms with Gasteiger partial charge in [-0.1, -0.05) is 0 Å². The maximum Gasteiger partial charge on any atom is 0.260 e. The summed E-state index contributed by atoms with van der Waals surface area (Å²) in [5.74, 6) is 0.866. The zero-order valence-corrected chi connectivity index (χ0v) is 9.64. The van der Waals surface area contributed by atoms with E-state index in [9.17, 15) is 4.79 Å². The predicted octanol–water partition coefficient (Wildman–Crippen LogP) is 1.86. The van der Waals surface area contributed by atoms with Crippen LogP contribution in [0.15, 0.2) is 16.5 Å². The molecule has 0 bridgehead atoms. The van der Waals surface area contributed by atoms with Gasteiger partial charge in [-0.2, -0.15) is 0 Å². The van der Waals surface area contributed by atoms with Gasteiger partial charge < -0.3 is 14.1 Å². The topological polar surface area (TPSA) is 55.6 Å². The minimum absolute atomic E-state index is 0.0954. The first-order chi connectivity index (χ1) is 8.19. The van der Waals surface area contributed by atoms with Crippen LogP contribution in [0.4, 0.5) is 5.69 Å². The average Bonchev–Trinajstić information content (AvgIpc) is 2.74. The largest absolute Gasteiger partial charge is 0.489 e. The zero-order chi connectivity index (χ0) is 12.0. The van der Waals surface area contributed by atoms with Crippen molar-refractivity contribution in [2.75, 3.05) is 18.6 Å². The van der Waals surface area contributed by atoms with Gasteiger partial charge in [0.25, 0.3) is 5.89 Å². The third-order valence-corrected chi connectivity index (χ3v) is 3.11. The van der Waals surface area contributed by atoms with Gasteiger partial charge in [-0.3, -0.25) is 4.79 Å². The average molecular weight is 232 g/mol. The molecule has 2 aromatic rings. The number of hydrogen-bond donors (Lipinski definition) is 0. The summed E-state index contributed by atoms with van der Waals surface area (Å²) in [5, 5.41) is 0. The molecule has 2 heterocycles. The summed E-state index contributed by atoms with van der Waals surface area (Å²) in [6.07, 6.45) is 0.603. The fourth-order valence-corrected chi connectivity index (χ4v) is 1.96. The monoisotopic (exact) mass is 232 g/mol. The molecule has 0 aliphatic carbocycles. The number of nitrogens with zero attached hydrogens (tertiary/aromatic N) is 2. The van der Waals surface area contributed by atoms with E-state index in [2.05, 4.69) is 16.8 Å². The highest BCUT2D eigenvalue weighted by molar-refractivity contribution is 5.85. The Bertz CT molecular complexity index is 591. The van der Waals surface area contributed by atoms with Crippen LogP contribution in [-0.4, -0.2) is 31.0 Å². The third kappa shape index (κ3) is 1.46. The van der Waals surface area contributed by atoms with Crippen molar-refractivity contribution in [3.05, 3.63) is 18.0 Å². The lowest BCUT2D eigenvalue weighted by molar-refractivity contribution is 0.109. The molecule has 5 nitrogen and oxygen atoms in total. The molecule has 1 aliphatic heterocycles. The molecule has 5 heteroatoms. The van der Waals surface area contributed by atoms with Gasteiger partial charge in [0.1, 0.15) is 17.9 Å². The number of benzene rings is 1. The first kappa shape index (κ1) is 10.1. The zero-order valence-electron chi connectivity index (χ0n) is 9.64. The summed E-state index contributed by atoms with van der Waals surface area (Å²) in [4.78, 5) is 16.8. The molecule has 88 valence electrons. The number of rotatable bonds is 1. The SMILES string of the molecule is CC1COc2cc3oc(C=O)nc3cc2N1C. The van der Waals surface area contributed by atoms with E-state index in [0.717, 1.165) is 11.4 Å². The van der Waals surface area contributed by atoms with E-state index < -0.39 is 0 Å². The van der Waals surface area contributed by atoms with Crippen LogP contribution in [0.25, 0.3) is 11.1 Å². The predicted molar refractivity (Wildman–Crippen MR) is 62.8 cm³/mol. The van der Waals surface area contributed by atoms with Crippen molar-refractivity contribution in [1.82, 2.24) is 4.98 Å². The highest BCUT2D eigenvalue weighted by Gasteiger charge is 2.23. The molecule has 0 fully saturated rings. The van der Waals surface area contributed by atoms with Crippen LogP contribution in [0.2, 0.25) is 0 Å². The number of hydrogen-bond acceptors (Lipinski definition) is 5. The molecule has 17 heavy (non-hydrogen) atoms. The van der Waals surface area contributed by atoms with Gasteiger partial charge >= 0.3 is 0 Å². The molecule has 0 spiro atoms. The van der Waals surface area contributed by atoms with E-state index in [4.69, 9.17) is 9.15 Å². The van der Waals surface area contributed by atoms with Crippen LogP contribution in [-0.2, 0) is 0 Å². The number of carbonyl (C=O) groups is 1. The Kier molecular flexibility index (Phi) is 2.07. The van der Waals surface area contributed by atoms with Gasteiger partial charge in [-0.05, 0) is 13.0 Å². The lowest BCUT2D eigenvalue weighted by atomic mass is 10.2. The summed E-state index contributed by atoms with van der Waals surface area (Å²) in [7, 11) is 2.01. The lowest BCUT2D eigenvalue weighted by Gasteiger charge is -2.33. The molecular formula is C12H12N2O3. The Labute approximate surface area is 98.0 Å². The highest BCUT2D eigenvalue weighted by atomic mass is 16.5. The Balaban J connectivity index is 2.20. The summed E-state index contributed by atoms with van der Waals surface area (Å²) in [6.45, 7) is 2.73. The van der Waals surface area contributed by atoms with Crippen molar-refractivity contribution < 1.29 is 13.9 Å². The van der Waals surface area contributed by atoms with E-state index >= 15 is 0 Å². The van der Waals surface area contributed by atoms with Crippen LogP contribution in [0.1, 0.15) is 17.6 Å². The molecule has 0 N–H and O–H groups in total. The second-order valence-corrected chi connectivity index (χ2v) is 4.23. The highest BCUT2D eigenvalue weighted by Crippen LogP contribution is 2.36. The number of aldehydes is 1.